The summed E-state index contributed by atoms with van der Waals surface area (Å²) >= 11 is 0. The van der Waals surface area contributed by atoms with Crippen molar-refractivity contribution in [2.24, 2.45) is 0 Å². The van der Waals surface area contributed by atoms with Crippen LogP contribution in [0.25, 0.3) is 11.1 Å². The summed E-state index contributed by atoms with van der Waals surface area (Å²) in [6.07, 6.45) is 0. The van der Waals surface area contributed by atoms with Crippen LogP contribution in [0.2, 0.25) is 0 Å². The molecule has 0 saturated heterocycles. The maximum absolute atomic E-state index is 9.38. The van der Waals surface area contributed by atoms with Crippen molar-refractivity contribution in [3.63, 3.8) is 0 Å². The third-order valence-electron chi connectivity index (χ3n) is 2.97. The number of aromatic nitrogens is 1. The van der Waals surface area contributed by atoms with Gasteiger partial charge in [0.15, 0.2) is 0 Å². The number of anilines is 1. The quantitative estimate of drug-likeness (QED) is 0.922. The van der Waals surface area contributed by atoms with Gasteiger partial charge in [0, 0.05) is 5.56 Å². The van der Waals surface area contributed by atoms with Crippen LogP contribution in [0.5, 0.6) is 11.6 Å². The number of benzene rings is 1. The van der Waals surface area contributed by atoms with Crippen LogP contribution in [0.1, 0.15) is 11.1 Å². The first-order valence-corrected chi connectivity index (χ1v) is 5.98. The maximum Gasteiger partial charge on any atom is 0.234 e. The minimum Gasteiger partial charge on any atom is -0.497 e. The fraction of sp³-hybridized carbons (Fsp3) is 0.133. The third kappa shape index (κ3) is 2.43. The number of nitrogens with zero attached hydrogens (tertiary/aromatic N) is 3. The Morgan fingerprint density at radius 1 is 1.10 bits per heavy atom. The molecule has 0 saturated carbocycles. The first kappa shape index (κ1) is 14.2. The fourth-order valence-electron chi connectivity index (χ4n) is 2.01. The summed E-state index contributed by atoms with van der Waals surface area (Å²) in [6, 6.07) is 11.0. The van der Waals surface area contributed by atoms with Crippen LogP contribution in [-0.2, 0) is 0 Å². The number of methoxy groups -OCH3 is 2. The molecule has 0 aliphatic carbocycles. The molecule has 0 spiro atoms. The lowest BCUT2D eigenvalue weighted by atomic mass is 9.96. The number of rotatable bonds is 3. The van der Waals surface area contributed by atoms with Crippen molar-refractivity contribution in [2.45, 2.75) is 0 Å². The molecular formula is C15H12N4O2. The highest BCUT2D eigenvalue weighted by molar-refractivity contribution is 5.82. The SMILES string of the molecule is COc1cccc(-c2c(C#N)c(N)nc(OC)c2C#N)c1. The smallest absolute Gasteiger partial charge is 0.234 e. The zero-order valence-corrected chi connectivity index (χ0v) is 11.5. The molecule has 2 rings (SSSR count). The minimum atomic E-state index is 0.0196. The van der Waals surface area contributed by atoms with Gasteiger partial charge >= 0.3 is 0 Å². The molecule has 0 atom stereocenters. The van der Waals surface area contributed by atoms with Gasteiger partial charge in [0.25, 0.3) is 0 Å². The molecule has 21 heavy (non-hydrogen) atoms. The van der Waals surface area contributed by atoms with E-state index < -0.39 is 0 Å². The normalized spacial score (nSPS) is 9.52. The number of hydrogen-bond donors (Lipinski definition) is 1. The van der Waals surface area contributed by atoms with Crippen molar-refractivity contribution in [1.82, 2.24) is 4.98 Å². The molecule has 6 heteroatoms. The monoisotopic (exact) mass is 280 g/mol. The molecule has 0 bridgehead atoms. The van der Waals surface area contributed by atoms with Crippen LogP contribution in [-0.4, -0.2) is 19.2 Å². The van der Waals surface area contributed by atoms with Crippen molar-refractivity contribution >= 4 is 5.82 Å². The zero-order chi connectivity index (χ0) is 15.4. The van der Waals surface area contributed by atoms with E-state index >= 15 is 0 Å². The van der Waals surface area contributed by atoms with E-state index in [1.54, 1.807) is 24.3 Å². The van der Waals surface area contributed by atoms with Crippen molar-refractivity contribution in [1.29, 1.82) is 10.5 Å². The van der Waals surface area contributed by atoms with E-state index in [1.165, 1.54) is 14.2 Å². The van der Waals surface area contributed by atoms with Crippen LogP contribution in [0.4, 0.5) is 5.82 Å². The summed E-state index contributed by atoms with van der Waals surface area (Å²) in [5.74, 6) is 0.715. The van der Waals surface area contributed by atoms with Crippen molar-refractivity contribution in [2.75, 3.05) is 20.0 Å². The standard InChI is InChI=1S/C15H12N4O2/c1-20-10-5-3-4-9(6-10)13-11(7-16)14(18)19-15(21-2)12(13)8-17/h3-6H,1-2H3,(H2,18,19). The molecule has 1 aromatic heterocycles. The summed E-state index contributed by atoms with van der Waals surface area (Å²) in [6.45, 7) is 0. The van der Waals surface area contributed by atoms with E-state index in [1.807, 2.05) is 12.1 Å². The Bertz CT molecular complexity index is 772. The van der Waals surface area contributed by atoms with Gasteiger partial charge in [0.1, 0.15) is 34.8 Å². The Morgan fingerprint density at radius 2 is 1.81 bits per heavy atom. The van der Waals surface area contributed by atoms with Crippen molar-refractivity contribution in [3.05, 3.63) is 35.4 Å². The fourth-order valence-corrected chi connectivity index (χ4v) is 2.01. The second-order valence-electron chi connectivity index (χ2n) is 4.09. The molecule has 0 unspecified atom stereocenters. The Labute approximate surface area is 122 Å². The topological polar surface area (TPSA) is 105 Å². The van der Waals surface area contributed by atoms with E-state index in [2.05, 4.69) is 4.98 Å². The molecule has 104 valence electrons. The average molecular weight is 280 g/mol. The van der Waals surface area contributed by atoms with E-state index in [4.69, 9.17) is 15.2 Å². The van der Waals surface area contributed by atoms with Gasteiger partial charge in [-0.3, -0.25) is 0 Å². The molecule has 2 aromatic rings. The van der Waals surface area contributed by atoms with Crippen LogP contribution >= 0.6 is 0 Å². The van der Waals surface area contributed by atoms with Gasteiger partial charge in [-0.05, 0) is 17.7 Å². The van der Waals surface area contributed by atoms with Crippen LogP contribution in [0.15, 0.2) is 24.3 Å². The van der Waals surface area contributed by atoms with Crippen LogP contribution < -0.4 is 15.2 Å². The number of nitrogen functional groups attached to an aromatic ring is 1. The van der Waals surface area contributed by atoms with Gasteiger partial charge in [-0.1, -0.05) is 12.1 Å². The van der Waals surface area contributed by atoms with Gasteiger partial charge in [0.2, 0.25) is 5.88 Å². The molecule has 0 fully saturated rings. The highest BCUT2D eigenvalue weighted by atomic mass is 16.5. The largest absolute Gasteiger partial charge is 0.497 e. The van der Waals surface area contributed by atoms with Gasteiger partial charge < -0.3 is 15.2 Å². The van der Waals surface area contributed by atoms with Gasteiger partial charge in [0.05, 0.1) is 14.2 Å². The number of nitriles is 2. The third-order valence-corrected chi connectivity index (χ3v) is 2.97. The van der Waals surface area contributed by atoms with E-state index in [9.17, 15) is 10.5 Å². The van der Waals surface area contributed by atoms with Gasteiger partial charge in [-0.25, -0.2) is 0 Å². The predicted octanol–water partition coefficient (Wildman–Crippen LogP) is 2.09. The number of nitrogens with two attached hydrogens (primary N) is 1. The number of hydrogen-bond acceptors (Lipinski definition) is 6. The summed E-state index contributed by atoms with van der Waals surface area (Å²) < 4.78 is 10.2. The highest BCUT2D eigenvalue weighted by Crippen LogP contribution is 2.35. The maximum atomic E-state index is 9.38. The molecule has 0 aliphatic rings. The Hall–Kier alpha value is -3.25. The van der Waals surface area contributed by atoms with Crippen molar-refractivity contribution in [3.8, 4) is 34.9 Å². The summed E-state index contributed by atoms with van der Waals surface area (Å²) in [5, 5.41) is 18.7. The van der Waals surface area contributed by atoms with Gasteiger partial charge in [-0.15, -0.1) is 0 Å². The average Bonchev–Trinajstić information content (AvgIpc) is 2.53. The van der Waals surface area contributed by atoms with Crippen molar-refractivity contribution < 1.29 is 9.47 Å². The van der Waals surface area contributed by atoms with Gasteiger partial charge in [-0.2, -0.15) is 15.5 Å². The Balaban J connectivity index is 2.86. The lowest BCUT2D eigenvalue weighted by molar-refractivity contribution is 0.397. The second-order valence-corrected chi connectivity index (χ2v) is 4.09. The molecule has 2 N–H and O–H groups in total. The first-order valence-electron chi connectivity index (χ1n) is 5.98. The molecule has 1 heterocycles. The molecule has 1 aromatic carbocycles. The lowest BCUT2D eigenvalue weighted by Gasteiger charge is -2.12. The van der Waals surface area contributed by atoms with Crippen LogP contribution in [0.3, 0.4) is 0 Å². The molecule has 0 aliphatic heterocycles. The Morgan fingerprint density at radius 3 is 2.38 bits per heavy atom. The molecular weight excluding hydrogens is 268 g/mol. The minimum absolute atomic E-state index is 0.0196. The Kier molecular flexibility index (Phi) is 3.92. The number of ether oxygens (including phenoxy) is 2. The molecule has 0 amide bonds. The van der Waals surface area contributed by atoms with E-state index in [-0.39, 0.29) is 22.8 Å². The highest BCUT2D eigenvalue weighted by Gasteiger charge is 2.20. The summed E-state index contributed by atoms with van der Waals surface area (Å²) in [4.78, 5) is 3.94. The summed E-state index contributed by atoms with van der Waals surface area (Å²) in [5.41, 5.74) is 7.11. The van der Waals surface area contributed by atoms with Crippen LogP contribution in [0, 0.1) is 22.7 Å². The van der Waals surface area contributed by atoms with E-state index in [0.717, 1.165) is 0 Å². The molecule has 0 radical (unpaired) electrons. The number of pyridine rings is 1. The van der Waals surface area contributed by atoms with E-state index in [0.29, 0.717) is 16.9 Å². The first-order chi connectivity index (χ1) is 10.2. The predicted molar refractivity (Wildman–Crippen MR) is 76.6 cm³/mol. The molecule has 6 nitrogen and oxygen atoms in total. The second kappa shape index (κ2) is 5.81. The zero-order valence-electron chi connectivity index (χ0n) is 11.5. The lowest BCUT2D eigenvalue weighted by Crippen LogP contribution is -2.04. The summed E-state index contributed by atoms with van der Waals surface area (Å²) in [7, 11) is 2.93.